The molecule has 114 valence electrons. The first-order valence-electron chi connectivity index (χ1n) is 7.03. The van der Waals surface area contributed by atoms with E-state index >= 15 is 0 Å². The van der Waals surface area contributed by atoms with Crippen LogP contribution in [0.2, 0.25) is 0 Å². The van der Waals surface area contributed by atoms with Gasteiger partial charge in [-0.05, 0) is 24.6 Å². The van der Waals surface area contributed by atoms with E-state index in [1.54, 1.807) is 38.5 Å². The summed E-state index contributed by atoms with van der Waals surface area (Å²) in [5.74, 6) is -0.422. The fourth-order valence-corrected chi connectivity index (χ4v) is 2.44. The second kappa shape index (κ2) is 7.00. The lowest BCUT2D eigenvalue weighted by Gasteiger charge is -2.22. The van der Waals surface area contributed by atoms with Gasteiger partial charge in [0.15, 0.2) is 0 Å². The van der Waals surface area contributed by atoms with Crippen LogP contribution >= 0.6 is 0 Å². The van der Waals surface area contributed by atoms with E-state index in [0.717, 1.165) is 5.56 Å². The molecule has 4 nitrogen and oxygen atoms in total. The zero-order chi connectivity index (χ0) is 16.1. The van der Waals surface area contributed by atoms with Crippen LogP contribution in [0, 0.1) is 0 Å². The van der Waals surface area contributed by atoms with Gasteiger partial charge in [-0.25, -0.2) is 0 Å². The van der Waals surface area contributed by atoms with Crippen LogP contribution in [0.5, 0.6) is 0 Å². The van der Waals surface area contributed by atoms with Crippen molar-refractivity contribution in [3.8, 4) is 0 Å². The Morgan fingerprint density at radius 3 is 1.68 bits per heavy atom. The predicted octanol–water partition coefficient (Wildman–Crippen LogP) is 3.31. The number of methoxy groups -OCH3 is 1. The smallest absolute Gasteiger partial charge is 0.262 e. The molecule has 0 N–H and O–H groups in total. The van der Waals surface area contributed by atoms with Gasteiger partial charge >= 0.3 is 0 Å². The van der Waals surface area contributed by atoms with Crippen LogP contribution in [0.3, 0.4) is 0 Å². The quantitative estimate of drug-likeness (QED) is 0.799. The Labute approximate surface area is 130 Å². The third-order valence-electron chi connectivity index (χ3n) is 3.49. The van der Waals surface area contributed by atoms with Crippen molar-refractivity contribution in [3.63, 3.8) is 0 Å². The SMILES string of the molecule is CC(c1ccccc1)N1C(=O)c2ccccc2C1=O.COC. The Hall–Kier alpha value is -2.46. The maximum absolute atomic E-state index is 12.3. The summed E-state index contributed by atoms with van der Waals surface area (Å²) < 4.78 is 4.25. The van der Waals surface area contributed by atoms with Gasteiger partial charge in [0.2, 0.25) is 0 Å². The highest BCUT2D eigenvalue weighted by Crippen LogP contribution is 2.30. The van der Waals surface area contributed by atoms with E-state index in [4.69, 9.17) is 0 Å². The van der Waals surface area contributed by atoms with Gasteiger partial charge in [0, 0.05) is 14.2 Å². The highest BCUT2D eigenvalue weighted by Gasteiger charge is 2.38. The number of carbonyl (C=O) groups excluding carboxylic acids is 2. The lowest BCUT2D eigenvalue weighted by Crippen LogP contribution is -2.32. The van der Waals surface area contributed by atoms with Crippen molar-refractivity contribution in [1.29, 1.82) is 0 Å². The van der Waals surface area contributed by atoms with Crippen molar-refractivity contribution in [2.24, 2.45) is 0 Å². The minimum atomic E-state index is -0.256. The number of carbonyl (C=O) groups is 2. The molecule has 0 aromatic heterocycles. The largest absolute Gasteiger partial charge is 0.388 e. The van der Waals surface area contributed by atoms with E-state index in [1.807, 2.05) is 37.3 Å². The van der Waals surface area contributed by atoms with E-state index in [2.05, 4.69) is 4.74 Å². The zero-order valence-electron chi connectivity index (χ0n) is 12.9. The Morgan fingerprint density at radius 2 is 1.23 bits per heavy atom. The fourth-order valence-electron chi connectivity index (χ4n) is 2.44. The molecule has 1 unspecified atom stereocenters. The van der Waals surface area contributed by atoms with Crippen LogP contribution in [0.4, 0.5) is 0 Å². The average molecular weight is 297 g/mol. The molecule has 22 heavy (non-hydrogen) atoms. The molecule has 0 spiro atoms. The summed E-state index contributed by atoms with van der Waals surface area (Å²) in [6.45, 7) is 1.87. The summed E-state index contributed by atoms with van der Waals surface area (Å²) in [4.78, 5) is 26.0. The van der Waals surface area contributed by atoms with Crippen LogP contribution in [-0.2, 0) is 4.74 Å². The number of hydrogen-bond acceptors (Lipinski definition) is 3. The van der Waals surface area contributed by atoms with Gasteiger partial charge in [-0.1, -0.05) is 42.5 Å². The number of rotatable bonds is 2. The molecular weight excluding hydrogens is 278 g/mol. The normalized spacial score (nSPS) is 14.2. The molecule has 0 saturated heterocycles. The number of amides is 2. The van der Waals surface area contributed by atoms with Crippen LogP contribution in [-0.4, -0.2) is 30.9 Å². The molecule has 2 aromatic rings. The molecule has 0 saturated carbocycles. The van der Waals surface area contributed by atoms with Gasteiger partial charge in [-0.15, -0.1) is 0 Å². The van der Waals surface area contributed by atoms with Gasteiger partial charge < -0.3 is 4.74 Å². The topological polar surface area (TPSA) is 46.6 Å². The van der Waals surface area contributed by atoms with Crippen molar-refractivity contribution in [2.45, 2.75) is 13.0 Å². The fraction of sp³-hybridized carbons (Fsp3) is 0.222. The minimum absolute atomic E-state index is 0.211. The third kappa shape index (κ3) is 2.92. The number of nitrogens with zero attached hydrogens (tertiary/aromatic N) is 1. The van der Waals surface area contributed by atoms with Crippen LogP contribution in [0.25, 0.3) is 0 Å². The summed E-state index contributed by atoms with van der Waals surface area (Å²) in [5, 5.41) is 0. The predicted molar refractivity (Wildman–Crippen MR) is 84.7 cm³/mol. The molecule has 1 heterocycles. The number of benzene rings is 2. The number of ether oxygens (including phenoxy) is 1. The molecule has 4 heteroatoms. The van der Waals surface area contributed by atoms with E-state index in [1.165, 1.54) is 4.90 Å². The minimum Gasteiger partial charge on any atom is -0.388 e. The highest BCUT2D eigenvalue weighted by molar-refractivity contribution is 6.21. The molecular formula is C18H19NO3. The zero-order valence-corrected chi connectivity index (χ0v) is 12.9. The standard InChI is InChI=1S/C16H13NO2.C2H6O/c1-11(12-7-3-2-4-8-12)17-15(18)13-9-5-6-10-14(13)16(17)19;1-3-2/h2-11H,1H3;1-2H3. The summed E-state index contributed by atoms with van der Waals surface area (Å²) in [7, 11) is 3.25. The molecule has 0 bridgehead atoms. The second-order valence-corrected chi connectivity index (χ2v) is 5.02. The van der Waals surface area contributed by atoms with Gasteiger partial charge in [-0.3, -0.25) is 14.5 Å². The first-order valence-corrected chi connectivity index (χ1v) is 7.03. The van der Waals surface area contributed by atoms with Crippen molar-refractivity contribution in [3.05, 3.63) is 71.3 Å². The summed E-state index contributed by atoms with van der Waals surface area (Å²) >= 11 is 0. The third-order valence-corrected chi connectivity index (χ3v) is 3.49. The monoisotopic (exact) mass is 297 g/mol. The van der Waals surface area contributed by atoms with Crippen molar-refractivity contribution in [2.75, 3.05) is 14.2 Å². The average Bonchev–Trinajstić information content (AvgIpc) is 2.80. The van der Waals surface area contributed by atoms with Crippen LogP contribution < -0.4 is 0 Å². The van der Waals surface area contributed by atoms with E-state index in [9.17, 15) is 9.59 Å². The maximum atomic E-state index is 12.3. The first-order chi connectivity index (χ1) is 10.6. The molecule has 0 aliphatic carbocycles. The lowest BCUT2D eigenvalue weighted by molar-refractivity contribution is 0.0595. The molecule has 1 atom stereocenters. The Bertz CT molecular complexity index is 632. The Morgan fingerprint density at radius 1 is 0.818 bits per heavy atom. The Balaban J connectivity index is 0.000000545. The van der Waals surface area contributed by atoms with E-state index in [0.29, 0.717) is 11.1 Å². The van der Waals surface area contributed by atoms with Crippen LogP contribution in [0.1, 0.15) is 39.2 Å². The maximum Gasteiger partial charge on any atom is 0.262 e. The molecule has 1 aliphatic rings. The van der Waals surface area contributed by atoms with Crippen LogP contribution in [0.15, 0.2) is 54.6 Å². The van der Waals surface area contributed by atoms with Gasteiger partial charge in [0.1, 0.15) is 0 Å². The molecule has 3 rings (SSSR count). The highest BCUT2D eigenvalue weighted by atomic mass is 16.4. The molecule has 0 fully saturated rings. The molecule has 0 radical (unpaired) electrons. The lowest BCUT2D eigenvalue weighted by atomic mass is 10.1. The van der Waals surface area contributed by atoms with E-state index in [-0.39, 0.29) is 17.9 Å². The van der Waals surface area contributed by atoms with Gasteiger partial charge in [0.05, 0.1) is 17.2 Å². The summed E-state index contributed by atoms with van der Waals surface area (Å²) in [6, 6.07) is 16.3. The molecule has 2 amide bonds. The molecule has 1 aliphatic heterocycles. The van der Waals surface area contributed by atoms with Crippen molar-refractivity contribution in [1.82, 2.24) is 4.90 Å². The van der Waals surface area contributed by atoms with Crippen molar-refractivity contribution < 1.29 is 14.3 Å². The summed E-state index contributed by atoms with van der Waals surface area (Å²) in [5.41, 5.74) is 1.95. The Kier molecular flexibility index (Phi) is 5.07. The van der Waals surface area contributed by atoms with E-state index < -0.39 is 0 Å². The van der Waals surface area contributed by atoms with Gasteiger partial charge in [0.25, 0.3) is 11.8 Å². The van der Waals surface area contributed by atoms with Gasteiger partial charge in [-0.2, -0.15) is 0 Å². The summed E-state index contributed by atoms with van der Waals surface area (Å²) in [6.07, 6.45) is 0. The first kappa shape index (κ1) is 15.9. The molecule has 2 aromatic carbocycles. The second-order valence-electron chi connectivity index (χ2n) is 5.02. The number of hydrogen-bond donors (Lipinski definition) is 0. The number of fused-ring (bicyclic) bond motifs is 1. The number of imide groups is 1. The van der Waals surface area contributed by atoms with Crippen molar-refractivity contribution >= 4 is 11.8 Å².